The van der Waals surface area contributed by atoms with E-state index in [9.17, 15) is 13.2 Å². The number of alkyl halides is 3. The number of thioether (sulfide) groups is 1. The molecule has 0 aliphatic carbocycles. The first-order chi connectivity index (χ1) is 9.02. The van der Waals surface area contributed by atoms with Crippen LogP contribution >= 0.6 is 11.8 Å². The van der Waals surface area contributed by atoms with Crippen LogP contribution in [-0.4, -0.2) is 11.2 Å². The van der Waals surface area contributed by atoms with E-state index < -0.39 is 11.7 Å². The topological polar surface area (TPSA) is 15.8 Å². The molecule has 0 fully saturated rings. The lowest BCUT2D eigenvalue weighted by molar-refractivity contribution is -0.136. The van der Waals surface area contributed by atoms with Gasteiger partial charge in [0.1, 0.15) is 0 Å². The van der Waals surface area contributed by atoms with Crippen molar-refractivity contribution in [3.63, 3.8) is 0 Å². The van der Waals surface area contributed by atoms with Crippen LogP contribution in [0.15, 0.2) is 35.2 Å². The van der Waals surface area contributed by atoms with Crippen LogP contribution in [-0.2, 0) is 6.18 Å². The molecule has 3 rings (SSSR count). The number of fused-ring (bicyclic) bond motifs is 3. The molecule has 1 radical (unpaired) electrons. The summed E-state index contributed by atoms with van der Waals surface area (Å²) in [5.74, 6) is 0. The first kappa shape index (κ1) is 12.4. The van der Waals surface area contributed by atoms with Gasteiger partial charge in [-0.05, 0) is 24.5 Å². The van der Waals surface area contributed by atoms with Gasteiger partial charge in [-0.15, -0.1) is 11.8 Å². The second-order valence-electron chi connectivity index (χ2n) is 4.15. The van der Waals surface area contributed by atoms with E-state index in [0.29, 0.717) is 21.3 Å². The quantitative estimate of drug-likeness (QED) is 0.629. The number of hydrogen-bond donors (Lipinski definition) is 1. The molecule has 0 saturated heterocycles. The Bertz CT molecular complexity index is 758. The summed E-state index contributed by atoms with van der Waals surface area (Å²) < 4.78 is 39.4. The van der Waals surface area contributed by atoms with Crippen LogP contribution in [0.4, 0.5) is 13.2 Å². The predicted octanol–water partition coefficient (Wildman–Crippen LogP) is 4.86. The summed E-state index contributed by atoms with van der Waals surface area (Å²) in [5.41, 5.74) is 0.569. The number of rotatable bonds is 1. The minimum absolute atomic E-state index is 0.228. The lowest BCUT2D eigenvalue weighted by Gasteiger charge is -2.09. The third kappa shape index (κ3) is 1.89. The Morgan fingerprint density at radius 3 is 2.63 bits per heavy atom. The van der Waals surface area contributed by atoms with Crippen LogP contribution in [0, 0.1) is 6.07 Å². The van der Waals surface area contributed by atoms with Gasteiger partial charge < -0.3 is 4.98 Å². The summed E-state index contributed by atoms with van der Waals surface area (Å²) in [6.45, 7) is 0. The Labute approximate surface area is 111 Å². The molecule has 1 aromatic heterocycles. The zero-order valence-corrected chi connectivity index (χ0v) is 10.7. The number of halogens is 3. The molecular weight excluding hydrogens is 271 g/mol. The van der Waals surface area contributed by atoms with Crippen molar-refractivity contribution in [2.24, 2.45) is 0 Å². The Hall–Kier alpha value is -1.62. The zero-order chi connectivity index (χ0) is 13.6. The molecule has 0 saturated carbocycles. The summed E-state index contributed by atoms with van der Waals surface area (Å²) in [4.78, 5) is 3.75. The summed E-state index contributed by atoms with van der Waals surface area (Å²) in [7, 11) is 0. The number of aromatic nitrogens is 1. The molecule has 0 aliphatic heterocycles. The molecule has 97 valence electrons. The van der Waals surface area contributed by atoms with Gasteiger partial charge in [0.25, 0.3) is 0 Å². The molecule has 0 atom stereocenters. The first-order valence-electron chi connectivity index (χ1n) is 5.58. The molecule has 0 aliphatic rings. The maximum atomic E-state index is 13.1. The normalized spacial score (nSPS) is 12.4. The number of hydrogen-bond acceptors (Lipinski definition) is 1. The van der Waals surface area contributed by atoms with Crippen LogP contribution in [0.1, 0.15) is 5.56 Å². The van der Waals surface area contributed by atoms with Crippen molar-refractivity contribution < 1.29 is 13.2 Å². The molecule has 0 amide bonds. The van der Waals surface area contributed by atoms with E-state index in [1.165, 1.54) is 11.8 Å². The van der Waals surface area contributed by atoms with E-state index in [2.05, 4.69) is 11.1 Å². The molecule has 3 aromatic rings. The highest BCUT2D eigenvalue weighted by atomic mass is 32.2. The fourth-order valence-corrected chi connectivity index (χ4v) is 2.79. The fraction of sp³-hybridized carbons (Fsp3) is 0.143. The smallest absolute Gasteiger partial charge is 0.354 e. The molecule has 19 heavy (non-hydrogen) atoms. The van der Waals surface area contributed by atoms with Crippen molar-refractivity contribution in [2.75, 3.05) is 6.26 Å². The number of para-hydroxylation sites is 1. The van der Waals surface area contributed by atoms with Gasteiger partial charge in [0.2, 0.25) is 0 Å². The highest BCUT2D eigenvalue weighted by Gasteiger charge is 2.34. The lowest BCUT2D eigenvalue weighted by Crippen LogP contribution is -2.05. The number of H-pyrrole nitrogens is 1. The molecule has 1 nitrogen and oxygen atoms in total. The third-order valence-corrected chi connectivity index (χ3v) is 3.79. The minimum atomic E-state index is -4.38. The molecule has 0 unspecified atom stereocenters. The summed E-state index contributed by atoms with van der Waals surface area (Å²) in [5, 5.41) is 0.820. The van der Waals surface area contributed by atoms with Gasteiger partial charge in [-0.3, -0.25) is 0 Å². The second kappa shape index (κ2) is 4.20. The van der Waals surface area contributed by atoms with E-state index in [-0.39, 0.29) is 5.39 Å². The lowest BCUT2D eigenvalue weighted by atomic mass is 10.1. The van der Waals surface area contributed by atoms with Crippen LogP contribution in [0.25, 0.3) is 21.8 Å². The van der Waals surface area contributed by atoms with Crippen molar-refractivity contribution >= 4 is 33.6 Å². The van der Waals surface area contributed by atoms with Crippen LogP contribution in [0.3, 0.4) is 0 Å². The van der Waals surface area contributed by atoms with Gasteiger partial charge in [-0.2, -0.15) is 13.2 Å². The van der Waals surface area contributed by atoms with Gasteiger partial charge >= 0.3 is 6.18 Å². The average Bonchev–Trinajstić information content (AvgIpc) is 2.75. The average molecular weight is 280 g/mol. The van der Waals surface area contributed by atoms with Crippen LogP contribution < -0.4 is 0 Å². The van der Waals surface area contributed by atoms with Crippen molar-refractivity contribution in [3.05, 3.63) is 42.0 Å². The molecule has 5 heteroatoms. The van der Waals surface area contributed by atoms with Gasteiger partial charge in [0, 0.05) is 21.2 Å². The van der Waals surface area contributed by atoms with Gasteiger partial charge in [-0.1, -0.05) is 18.2 Å². The Balaban J connectivity index is 2.53. The van der Waals surface area contributed by atoms with Crippen molar-refractivity contribution in [2.45, 2.75) is 11.1 Å². The Kier molecular flexibility index (Phi) is 2.74. The van der Waals surface area contributed by atoms with E-state index in [1.807, 2.05) is 6.26 Å². The molecule has 0 spiro atoms. The van der Waals surface area contributed by atoms with Crippen molar-refractivity contribution in [3.8, 4) is 0 Å². The van der Waals surface area contributed by atoms with Crippen LogP contribution in [0.5, 0.6) is 0 Å². The fourth-order valence-electron chi connectivity index (χ4n) is 2.26. The minimum Gasteiger partial charge on any atom is -0.354 e. The second-order valence-corrected chi connectivity index (χ2v) is 4.97. The largest absolute Gasteiger partial charge is 0.417 e. The first-order valence-corrected chi connectivity index (χ1v) is 6.81. The summed E-state index contributed by atoms with van der Waals surface area (Å²) in [6.07, 6.45) is -2.55. The Morgan fingerprint density at radius 1 is 1.21 bits per heavy atom. The van der Waals surface area contributed by atoms with E-state index in [1.54, 1.807) is 24.3 Å². The van der Waals surface area contributed by atoms with Gasteiger partial charge in [0.15, 0.2) is 0 Å². The van der Waals surface area contributed by atoms with Gasteiger partial charge in [-0.25, -0.2) is 0 Å². The van der Waals surface area contributed by atoms with Crippen molar-refractivity contribution in [1.29, 1.82) is 0 Å². The highest BCUT2D eigenvalue weighted by Crippen LogP contribution is 2.41. The zero-order valence-electron chi connectivity index (χ0n) is 9.93. The third-order valence-electron chi connectivity index (χ3n) is 3.06. The SMILES string of the molecule is CSc1[c]cc(C(F)(F)F)c2c1[nH]c1ccccc12. The number of aromatic amines is 1. The number of nitrogens with one attached hydrogen (secondary N) is 1. The monoisotopic (exact) mass is 280 g/mol. The molecule has 1 N–H and O–H groups in total. The van der Waals surface area contributed by atoms with E-state index >= 15 is 0 Å². The van der Waals surface area contributed by atoms with Crippen molar-refractivity contribution in [1.82, 2.24) is 4.98 Å². The highest BCUT2D eigenvalue weighted by molar-refractivity contribution is 7.98. The Morgan fingerprint density at radius 2 is 1.95 bits per heavy atom. The van der Waals surface area contributed by atoms with E-state index in [4.69, 9.17) is 0 Å². The summed E-state index contributed by atoms with van der Waals surface area (Å²) in [6, 6.07) is 10.8. The maximum Gasteiger partial charge on any atom is 0.417 e. The molecule has 2 aromatic carbocycles. The van der Waals surface area contributed by atoms with Gasteiger partial charge in [0.05, 0.1) is 11.1 Å². The summed E-state index contributed by atoms with van der Waals surface area (Å²) >= 11 is 1.38. The predicted molar refractivity (Wildman–Crippen MR) is 71.4 cm³/mol. The maximum absolute atomic E-state index is 13.1. The number of benzene rings is 2. The molecule has 1 heterocycles. The standard InChI is InChI=1S/C14H9F3NS/c1-19-11-7-6-9(14(15,16)17)12-8-4-2-3-5-10(8)18-13(11)12/h2-6,18H,1H3. The molecular formula is C14H9F3NS. The molecule has 0 bridgehead atoms. The van der Waals surface area contributed by atoms with E-state index in [0.717, 1.165) is 6.07 Å². The van der Waals surface area contributed by atoms with Crippen LogP contribution in [0.2, 0.25) is 0 Å².